The van der Waals surface area contributed by atoms with Crippen LogP contribution in [0.15, 0.2) is 66.9 Å². The minimum absolute atomic E-state index is 0.0677. The van der Waals surface area contributed by atoms with Gasteiger partial charge in [-0.3, -0.25) is 0 Å². The molecule has 1 fully saturated rings. The van der Waals surface area contributed by atoms with Crippen molar-refractivity contribution in [1.29, 1.82) is 0 Å². The number of pyridine rings is 1. The number of methoxy groups -OCH3 is 1. The Hall–Kier alpha value is -3.35. The number of anilines is 1. The first-order valence-electron chi connectivity index (χ1n) is 9.93. The Labute approximate surface area is 178 Å². The van der Waals surface area contributed by atoms with E-state index in [2.05, 4.69) is 10.3 Å². The number of hydrogen-bond donors (Lipinski definition) is 1. The van der Waals surface area contributed by atoms with Gasteiger partial charge in [0.15, 0.2) is 0 Å². The predicted molar refractivity (Wildman–Crippen MR) is 112 cm³/mol. The number of carbonyl (C=O) groups excluding carboxylic acids is 1. The van der Waals surface area contributed by atoms with Crippen molar-refractivity contribution in [2.75, 3.05) is 12.4 Å². The maximum atomic E-state index is 12.8. The third-order valence-corrected chi connectivity index (χ3v) is 5.40. The number of hydrogen-bond acceptors (Lipinski definition) is 4. The normalized spacial score (nSPS) is 14.7. The molecule has 0 amide bonds. The van der Waals surface area contributed by atoms with Crippen LogP contribution in [0, 0.1) is 5.92 Å². The first-order chi connectivity index (χ1) is 14.8. The molecule has 3 aromatic rings. The molecule has 1 aliphatic carbocycles. The van der Waals surface area contributed by atoms with Crippen molar-refractivity contribution in [1.82, 2.24) is 4.98 Å². The number of alkyl halides is 3. The molecular weight excluding hydrogens is 405 g/mol. The second-order valence-electron chi connectivity index (χ2n) is 7.58. The second kappa shape index (κ2) is 8.41. The minimum atomic E-state index is -4.34. The first-order valence-corrected chi connectivity index (χ1v) is 9.93. The summed E-state index contributed by atoms with van der Waals surface area (Å²) in [5.74, 6) is 0.715. The lowest BCUT2D eigenvalue weighted by atomic mass is 9.97. The molecule has 0 bridgehead atoms. The van der Waals surface area contributed by atoms with Gasteiger partial charge in [0.2, 0.25) is 0 Å². The van der Waals surface area contributed by atoms with Gasteiger partial charge in [0.1, 0.15) is 5.82 Å². The van der Waals surface area contributed by atoms with Gasteiger partial charge in [0.05, 0.1) is 24.3 Å². The molecule has 1 saturated carbocycles. The SMILES string of the molecule is COC(=O)c1ccc(NC(c2ccc(-c3ccc(C(F)(F)F)cc3)cc2)C2CC2)nc1. The van der Waals surface area contributed by atoms with Gasteiger partial charge in [-0.15, -0.1) is 0 Å². The van der Waals surface area contributed by atoms with Gasteiger partial charge in [0, 0.05) is 6.20 Å². The van der Waals surface area contributed by atoms with Crippen LogP contribution in [0.5, 0.6) is 0 Å². The molecule has 0 aliphatic heterocycles. The van der Waals surface area contributed by atoms with Gasteiger partial charge in [-0.2, -0.15) is 13.2 Å². The van der Waals surface area contributed by atoms with Crippen molar-refractivity contribution >= 4 is 11.8 Å². The number of ether oxygens (including phenoxy) is 1. The molecular formula is C24H21F3N2O2. The highest BCUT2D eigenvalue weighted by atomic mass is 19.4. The van der Waals surface area contributed by atoms with Crippen LogP contribution in [0.3, 0.4) is 0 Å². The van der Waals surface area contributed by atoms with Gasteiger partial charge < -0.3 is 10.1 Å². The summed E-state index contributed by atoms with van der Waals surface area (Å²) in [4.78, 5) is 15.9. The van der Waals surface area contributed by atoms with Crippen LogP contribution >= 0.6 is 0 Å². The van der Waals surface area contributed by atoms with Crippen LogP contribution in [0.2, 0.25) is 0 Å². The fraction of sp³-hybridized carbons (Fsp3) is 0.250. The Kier molecular flexibility index (Phi) is 5.67. The highest BCUT2D eigenvalue weighted by Gasteiger charge is 2.33. The summed E-state index contributed by atoms with van der Waals surface area (Å²) in [7, 11) is 1.33. The molecule has 1 unspecified atom stereocenters. The van der Waals surface area contributed by atoms with Crippen molar-refractivity contribution in [2.45, 2.75) is 25.1 Å². The van der Waals surface area contributed by atoms with Crippen LogP contribution in [-0.2, 0) is 10.9 Å². The fourth-order valence-corrected chi connectivity index (χ4v) is 3.51. The molecule has 0 radical (unpaired) electrons. The summed E-state index contributed by atoms with van der Waals surface area (Å²) in [6, 6.07) is 16.5. The molecule has 160 valence electrons. The van der Waals surface area contributed by atoms with E-state index in [4.69, 9.17) is 4.74 Å². The molecule has 1 atom stereocenters. The van der Waals surface area contributed by atoms with E-state index in [9.17, 15) is 18.0 Å². The summed E-state index contributed by atoms with van der Waals surface area (Å²) < 4.78 is 43.0. The Bertz CT molecular complexity index is 1040. The summed E-state index contributed by atoms with van der Waals surface area (Å²) in [5.41, 5.74) is 2.40. The second-order valence-corrected chi connectivity index (χ2v) is 7.58. The van der Waals surface area contributed by atoms with Crippen LogP contribution in [0.25, 0.3) is 11.1 Å². The monoisotopic (exact) mass is 426 g/mol. The number of esters is 1. The Morgan fingerprint density at radius 2 is 1.61 bits per heavy atom. The molecule has 4 rings (SSSR count). The van der Waals surface area contributed by atoms with Gasteiger partial charge in [-0.05, 0) is 59.7 Å². The number of nitrogens with one attached hydrogen (secondary N) is 1. The van der Waals surface area contributed by atoms with Gasteiger partial charge in [-0.25, -0.2) is 9.78 Å². The molecule has 1 aliphatic rings. The zero-order valence-corrected chi connectivity index (χ0v) is 16.8. The summed E-state index contributed by atoms with van der Waals surface area (Å²) in [6.07, 6.45) is -0.641. The Morgan fingerprint density at radius 1 is 1.00 bits per heavy atom. The topological polar surface area (TPSA) is 51.2 Å². The van der Waals surface area contributed by atoms with E-state index >= 15 is 0 Å². The average Bonchev–Trinajstić information content (AvgIpc) is 3.62. The lowest BCUT2D eigenvalue weighted by Gasteiger charge is -2.20. The van der Waals surface area contributed by atoms with E-state index in [1.54, 1.807) is 12.1 Å². The zero-order valence-electron chi connectivity index (χ0n) is 16.8. The maximum Gasteiger partial charge on any atom is 0.416 e. The van der Waals surface area contributed by atoms with E-state index in [1.165, 1.54) is 25.4 Å². The highest BCUT2D eigenvalue weighted by molar-refractivity contribution is 5.89. The predicted octanol–water partition coefficient (Wildman–Crippen LogP) is 6.12. The number of halogens is 3. The summed E-state index contributed by atoms with van der Waals surface area (Å²) in [5, 5.41) is 3.44. The Morgan fingerprint density at radius 3 is 2.10 bits per heavy atom. The quantitative estimate of drug-likeness (QED) is 0.483. The third kappa shape index (κ3) is 4.87. The number of rotatable bonds is 6. The van der Waals surface area contributed by atoms with E-state index < -0.39 is 17.7 Å². The first kappa shape index (κ1) is 20.9. The zero-order chi connectivity index (χ0) is 22.0. The standard InChI is InChI=1S/C24H21F3N2O2/c1-31-23(30)19-10-13-21(28-14-19)29-22(18-6-7-18)17-4-2-15(3-5-17)16-8-11-20(12-9-16)24(25,26)27/h2-5,8-14,18,22H,6-7H2,1H3,(H,28,29). The van der Waals surface area contributed by atoms with E-state index in [1.807, 2.05) is 24.3 Å². The molecule has 2 aromatic carbocycles. The lowest BCUT2D eigenvalue weighted by Crippen LogP contribution is -2.14. The van der Waals surface area contributed by atoms with E-state index in [-0.39, 0.29) is 6.04 Å². The lowest BCUT2D eigenvalue weighted by molar-refractivity contribution is -0.137. The van der Waals surface area contributed by atoms with Crippen molar-refractivity contribution in [2.24, 2.45) is 5.92 Å². The van der Waals surface area contributed by atoms with Gasteiger partial charge >= 0.3 is 12.1 Å². The average molecular weight is 426 g/mol. The third-order valence-electron chi connectivity index (χ3n) is 5.40. The molecule has 1 heterocycles. The highest BCUT2D eigenvalue weighted by Crippen LogP contribution is 2.43. The fourth-order valence-electron chi connectivity index (χ4n) is 3.51. The van der Waals surface area contributed by atoms with Crippen molar-refractivity contribution in [3.8, 4) is 11.1 Å². The van der Waals surface area contributed by atoms with Crippen LogP contribution in [-0.4, -0.2) is 18.1 Å². The molecule has 1 N–H and O–H groups in total. The number of nitrogens with zero attached hydrogens (tertiary/aromatic N) is 1. The summed E-state index contributed by atoms with van der Waals surface area (Å²) in [6.45, 7) is 0. The number of aromatic nitrogens is 1. The number of benzene rings is 2. The van der Waals surface area contributed by atoms with Crippen LogP contribution in [0.4, 0.5) is 19.0 Å². The maximum absolute atomic E-state index is 12.8. The largest absolute Gasteiger partial charge is 0.465 e. The van der Waals surface area contributed by atoms with Crippen LogP contribution < -0.4 is 5.32 Å². The van der Waals surface area contributed by atoms with E-state index in [0.29, 0.717) is 17.3 Å². The molecule has 31 heavy (non-hydrogen) atoms. The van der Waals surface area contributed by atoms with Crippen molar-refractivity contribution in [3.63, 3.8) is 0 Å². The molecule has 1 aromatic heterocycles. The molecule has 7 heteroatoms. The Balaban J connectivity index is 1.50. The van der Waals surface area contributed by atoms with E-state index in [0.717, 1.165) is 41.7 Å². The number of carbonyl (C=O) groups is 1. The molecule has 0 saturated heterocycles. The van der Waals surface area contributed by atoms with Crippen LogP contribution in [0.1, 0.15) is 40.4 Å². The summed E-state index contributed by atoms with van der Waals surface area (Å²) >= 11 is 0. The molecule has 0 spiro atoms. The minimum Gasteiger partial charge on any atom is -0.465 e. The van der Waals surface area contributed by atoms with Crippen molar-refractivity contribution < 1.29 is 22.7 Å². The van der Waals surface area contributed by atoms with Crippen molar-refractivity contribution in [3.05, 3.63) is 83.6 Å². The smallest absolute Gasteiger partial charge is 0.416 e. The molecule has 4 nitrogen and oxygen atoms in total. The van der Waals surface area contributed by atoms with Gasteiger partial charge in [0.25, 0.3) is 0 Å². The van der Waals surface area contributed by atoms with Gasteiger partial charge in [-0.1, -0.05) is 36.4 Å².